The molecule has 2 N–H and O–H groups in total. The zero-order chi connectivity index (χ0) is 15.5. The van der Waals surface area contributed by atoms with Crippen molar-refractivity contribution in [1.82, 2.24) is 10.3 Å². The molecule has 6 heteroatoms. The van der Waals surface area contributed by atoms with Gasteiger partial charge in [0.25, 0.3) is 10.0 Å². The molecule has 0 bridgehead atoms. The summed E-state index contributed by atoms with van der Waals surface area (Å²) in [6.07, 6.45) is 1.50. The Balaban J connectivity index is 2.21. The number of benzene rings is 1. The minimum Gasteiger partial charge on any atom is -0.313 e. The number of hydrogen-bond acceptors (Lipinski definition) is 4. The number of aromatic nitrogens is 1. The summed E-state index contributed by atoms with van der Waals surface area (Å²) < 4.78 is 27.1. The second-order valence-electron chi connectivity index (χ2n) is 4.87. The Morgan fingerprint density at radius 2 is 1.76 bits per heavy atom. The summed E-state index contributed by atoms with van der Waals surface area (Å²) in [6, 6.07) is 10.5. The molecule has 2 aromatic rings. The number of hydrogen-bond donors (Lipinski definition) is 2. The molecule has 112 valence electrons. The average Bonchev–Trinajstić information content (AvgIpc) is 2.49. The molecule has 1 heterocycles. The van der Waals surface area contributed by atoms with Gasteiger partial charge in [-0.2, -0.15) is 0 Å². The minimum absolute atomic E-state index is 0.177. The van der Waals surface area contributed by atoms with Crippen molar-refractivity contribution in [3.05, 3.63) is 53.9 Å². The second kappa shape index (κ2) is 6.24. The van der Waals surface area contributed by atoms with E-state index < -0.39 is 10.0 Å². The number of anilines is 1. The minimum atomic E-state index is -3.59. The first kappa shape index (κ1) is 15.5. The highest BCUT2D eigenvalue weighted by Crippen LogP contribution is 2.18. The van der Waals surface area contributed by atoms with Crippen molar-refractivity contribution in [3.8, 4) is 0 Å². The molecule has 21 heavy (non-hydrogen) atoms. The van der Waals surface area contributed by atoms with Crippen LogP contribution >= 0.6 is 0 Å². The van der Waals surface area contributed by atoms with E-state index in [1.807, 2.05) is 33.0 Å². The lowest BCUT2D eigenvalue weighted by Crippen LogP contribution is -2.15. The van der Waals surface area contributed by atoms with Crippen molar-refractivity contribution in [1.29, 1.82) is 0 Å². The quantitative estimate of drug-likeness (QED) is 0.890. The van der Waals surface area contributed by atoms with Crippen molar-refractivity contribution in [3.63, 3.8) is 0 Å². The van der Waals surface area contributed by atoms with Gasteiger partial charge in [-0.25, -0.2) is 8.42 Å². The van der Waals surface area contributed by atoms with Gasteiger partial charge in [0.1, 0.15) is 0 Å². The van der Waals surface area contributed by atoms with Gasteiger partial charge in [-0.05, 0) is 50.7 Å². The molecule has 0 aliphatic heterocycles. The molecule has 1 aromatic heterocycles. The van der Waals surface area contributed by atoms with Crippen LogP contribution in [0.2, 0.25) is 0 Å². The van der Waals surface area contributed by atoms with E-state index in [1.165, 1.54) is 6.20 Å². The highest BCUT2D eigenvalue weighted by atomic mass is 32.2. The average molecular weight is 305 g/mol. The van der Waals surface area contributed by atoms with Gasteiger partial charge in [0.15, 0.2) is 0 Å². The van der Waals surface area contributed by atoms with Crippen LogP contribution in [0.15, 0.2) is 47.5 Å². The summed E-state index contributed by atoms with van der Waals surface area (Å²) in [5.74, 6) is 0. The van der Waals surface area contributed by atoms with Crippen molar-refractivity contribution >= 4 is 15.7 Å². The predicted octanol–water partition coefficient (Wildman–Crippen LogP) is 2.47. The lowest BCUT2D eigenvalue weighted by Gasteiger charge is -2.12. The second-order valence-corrected chi connectivity index (χ2v) is 6.56. The van der Waals surface area contributed by atoms with E-state index in [0.29, 0.717) is 5.69 Å². The summed E-state index contributed by atoms with van der Waals surface area (Å²) in [4.78, 5) is 4.30. The standard InChI is InChI=1S/C15H19N3O2S/c1-11-4-7-14(10-17-11)18-21(19,20)15-8-5-13(6-9-15)12(2)16-3/h4-10,12,16,18H,1-3H3. The van der Waals surface area contributed by atoms with Gasteiger partial charge >= 0.3 is 0 Å². The Bertz CT molecular complexity index is 695. The van der Waals surface area contributed by atoms with Crippen LogP contribution in [0.4, 0.5) is 5.69 Å². The Morgan fingerprint density at radius 1 is 1.10 bits per heavy atom. The number of nitrogens with zero attached hydrogens (tertiary/aromatic N) is 1. The molecule has 1 atom stereocenters. The fraction of sp³-hybridized carbons (Fsp3) is 0.267. The van der Waals surface area contributed by atoms with Crippen LogP contribution in [0.5, 0.6) is 0 Å². The maximum Gasteiger partial charge on any atom is 0.261 e. The van der Waals surface area contributed by atoms with E-state index in [9.17, 15) is 8.42 Å². The lowest BCUT2D eigenvalue weighted by molar-refractivity contribution is 0.600. The van der Waals surface area contributed by atoms with Crippen molar-refractivity contribution in [2.75, 3.05) is 11.8 Å². The van der Waals surface area contributed by atoms with Crippen LogP contribution in [0.25, 0.3) is 0 Å². The van der Waals surface area contributed by atoms with Gasteiger partial charge < -0.3 is 5.32 Å². The molecule has 1 aromatic carbocycles. The number of rotatable bonds is 5. The molecule has 0 aliphatic carbocycles. The van der Waals surface area contributed by atoms with E-state index in [-0.39, 0.29) is 10.9 Å². The summed E-state index contributed by atoms with van der Waals surface area (Å²) in [7, 11) is -1.72. The number of pyridine rings is 1. The highest BCUT2D eigenvalue weighted by Gasteiger charge is 2.14. The third-order valence-corrected chi connectivity index (χ3v) is 4.68. The third-order valence-electron chi connectivity index (χ3n) is 3.29. The van der Waals surface area contributed by atoms with Crippen LogP contribution < -0.4 is 10.0 Å². The van der Waals surface area contributed by atoms with E-state index in [1.54, 1.807) is 24.3 Å². The van der Waals surface area contributed by atoms with E-state index in [4.69, 9.17) is 0 Å². The smallest absolute Gasteiger partial charge is 0.261 e. The van der Waals surface area contributed by atoms with E-state index in [2.05, 4.69) is 15.0 Å². The largest absolute Gasteiger partial charge is 0.313 e. The van der Waals surface area contributed by atoms with Gasteiger partial charge in [0.2, 0.25) is 0 Å². The summed E-state index contributed by atoms with van der Waals surface area (Å²) in [5, 5.41) is 3.11. The van der Waals surface area contributed by atoms with Gasteiger partial charge in [-0.15, -0.1) is 0 Å². The van der Waals surface area contributed by atoms with Crippen LogP contribution in [0.3, 0.4) is 0 Å². The van der Waals surface area contributed by atoms with Gasteiger partial charge in [-0.1, -0.05) is 12.1 Å². The molecule has 0 fully saturated rings. The molecule has 0 saturated carbocycles. The Kier molecular flexibility index (Phi) is 4.59. The first-order valence-corrected chi connectivity index (χ1v) is 8.13. The zero-order valence-electron chi connectivity index (χ0n) is 12.3. The highest BCUT2D eigenvalue weighted by molar-refractivity contribution is 7.92. The van der Waals surface area contributed by atoms with E-state index >= 15 is 0 Å². The number of nitrogens with one attached hydrogen (secondary N) is 2. The molecule has 0 spiro atoms. The maximum absolute atomic E-state index is 12.3. The Labute approximate surface area is 125 Å². The molecule has 0 saturated heterocycles. The fourth-order valence-corrected chi connectivity index (χ4v) is 2.89. The molecule has 2 rings (SSSR count). The van der Waals surface area contributed by atoms with Crippen molar-refractivity contribution in [2.24, 2.45) is 0 Å². The molecule has 0 amide bonds. The topological polar surface area (TPSA) is 71.1 Å². The normalized spacial score (nSPS) is 12.9. The Hall–Kier alpha value is -1.92. The summed E-state index contributed by atoms with van der Waals surface area (Å²) in [6.45, 7) is 3.86. The summed E-state index contributed by atoms with van der Waals surface area (Å²) >= 11 is 0. The first-order valence-electron chi connectivity index (χ1n) is 6.65. The van der Waals surface area contributed by atoms with Crippen LogP contribution in [0, 0.1) is 6.92 Å². The molecule has 0 radical (unpaired) electrons. The zero-order valence-corrected chi connectivity index (χ0v) is 13.1. The third kappa shape index (κ3) is 3.80. The van der Waals surface area contributed by atoms with Crippen LogP contribution in [-0.2, 0) is 10.0 Å². The van der Waals surface area contributed by atoms with Gasteiger partial charge in [-0.3, -0.25) is 9.71 Å². The first-order chi connectivity index (χ1) is 9.92. The predicted molar refractivity (Wildman–Crippen MR) is 83.7 cm³/mol. The number of sulfonamides is 1. The maximum atomic E-state index is 12.3. The van der Waals surface area contributed by atoms with Crippen LogP contribution in [-0.4, -0.2) is 20.4 Å². The molecule has 0 aliphatic rings. The molecule has 5 nitrogen and oxygen atoms in total. The lowest BCUT2D eigenvalue weighted by atomic mass is 10.1. The van der Waals surface area contributed by atoms with Gasteiger partial charge in [0.05, 0.1) is 16.8 Å². The molecule has 1 unspecified atom stereocenters. The summed E-state index contributed by atoms with van der Waals surface area (Å²) in [5.41, 5.74) is 2.32. The van der Waals surface area contributed by atoms with Gasteiger partial charge in [0, 0.05) is 11.7 Å². The monoisotopic (exact) mass is 305 g/mol. The number of aryl methyl sites for hydroxylation is 1. The Morgan fingerprint density at radius 3 is 2.29 bits per heavy atom. The molecular weight excluding hydrogens is 286 g/mol. The SMILES string of the molecule is CNC(C)c1ccc(S(=O)(=O)Nc2ccc(C)nc2)cc1. The van der Waals surface area contributed by atoms with Crippen molar-refractivity contribution in [2.45, 2.75) is 24.8 Å². The molecular formula is C15H19N3O2S. The fourth-order valence-electron chi connectivity index (χ4n) is 1.84. The van der Waals surface area contributed by atoms with Crippen molar-refractivity contribution < 1.29 is 8.42 Å². The van der Waals surface area contributed by atoms with E-state index in [0.717, 1.165) is 11.3 Å². The van der Waals surface area contributed by atoms with Crippen LogP contribution in [0.1, 0.15) is 24.2 Å².